The molecule has 0 spiro atoms. The molecule has 0 fully saturated rings. The van der Waals surface area contributed by atoms with Gasteiger partial charge in [-0.05, 0) is 16.7 Å². The first-order chi connectivity index (χ1) is 11.5. The minimum absolute atomic E-state index is 0.170. The topological polar surface area (TPSA) is 52.6 Å². The van der Waals surface area contributed by atoms with Crippen molar-refractivity contribution in [2.75, 3.05) is 0 Å². The van der Waals surface area contributed by atoms with Crippen molar-refractivity contribution in [1.29, 1.82) is 0 Å². The lowest BCUT2D eigenvalue weighted by molar-refractivity contribution is -0.179. The maximum absolute atomic E-state index is 11.8. The van der Waals surface area contributed by atoms with Crippen molar-refractivity contribution in [3.8, 4) is 0 Å². The Kier molecular flexibility index (Phi) is 3.23. The third kappa shape index (κ3) is 1.99. The van der Waals surface area contributed by atoms with Crippen molar-refractivity contribution in [2.45, 2.75) is 37.9 Å². The third-order valence-corrected chi connectivity index (χ3v) is 4.99. The Bertz CT molecular complexity index is 810. The van der Waals surface area contributed by atoms with Crippen LogP contribution in [0.15, 0.2) is 48.5 Å². The molecular formula is C20H18O4. The fraction of sp³-hybridized carbons (Fsp3) is 0.300. The smallest absolute Gasteiger partial charge is 0.303 e. The Morgan fingerprint density at radius 3 is 2.33 bits per heavy atom. The molecule has 0 heterocycles. The Morgan fingerprint density at radius 2 is 1.62 bits per heavy atom. The van der Waals surface area contributed by atoms with Crippen molar-refractivity contribution in [3.63, 3.8) is 0 Å². The molecule has 2 aromatic carbocycles. The molecule has 0 amide bonds. The fourth-order valence-electron chi connectivity index (χ4n) is 4.26. The van der Waals surface area contributed by atoms with Crippen molar-refractivity contribution in [1.82, 2.24) is 0 Å². The van der Waals surface area contributed by atoms with Crippen LogP contribution in [0, 0.1) is 0 Å². The number of carbonyl (C=O) groups excluding carboxylic acids is 2. The number of hydrogen-bond acceptors (Lipinski definition) is 4. The van der Waals surface area contributed by atoms with Gasteiger partial charge < -0.3 is 9.47 Å². The molecule has 0 aliphatic heterocycles. The van der Waals surface area contributed by atoms with Gasteiger partial charge in [-0.2, -0.15) is 0 Å². The molecule has 4 nitrogen and oxygen atoms in total. The lowest BCUT2D eigenvalue weighted by Gasteiger charge is -2.55. The first kappa shape index (κ1) is 14.9. The first-order valence-corrected chi connectivity index (χ1v) is 8.07. The zero-order valence-electron chi connectivity index (χ0n) is 13.6. The second-order valence-electron chi connectivity index (χ2n) is 6.45. The molecule has 0 saturated heterocycles. The number of esters is 2. The van der Waals surface area contributed by atoms with E-state index in [0.29, 0.717) is 6.42 Å². The predicted molar refractivity (Wildman–Crippen MR) is 87.3 cm³/mol. The van der Waals surface area contributed by atoms with Crippen LogP contribution < -0.4 is 0 Å². The molecule has 3 atom stereocenters. The molecule has 0 radical (unpaired) electrons. The zero-order chi connectivity index (χ0) is 16.9. The van der Waals surface area contributed by atoms with E-state index in [-0.39, 0.29) is 17.9 Å². The van der Waals surface area contributed by atoms with Crippen molar-refractivity contribution in [2.24, 2.45) is 0 Å². The van der Waals surface area contributed by atoms with E-state index in [4.69, 9.17) is 9.47 Å². The molecule has 0 N–H and O–H groups in total. The molecule has 2 aliphatic carbocycles. The monoisotopic (exact) mass is 322 g/mol. The van der Waals surface area contributed by atoms with Crippen molar-refractivity contribution < 1.29 is 19.1 Å². The Balaban J connectivity index is 1.91. The van der Waals surface area contributed by atoms with Gasteiger partial charge in [0.25, 0.3) is 0 Å². The molecule has 0 unspecified atom stereocenters. The Hall–Kier alpha value is -2.62. The maximum atomic E-state index is 11.8. The van der Waals surface area contributed by atoms with E-state index in [1.807, 2.05) is 48.5 Å². The van der Waals surface area contributed by atoms with Crippen LogP contribution in [-0.4, -0.2) is 11.9 Å². The van der Waals surface area contributed by atoms with E-state index in [0.717, 1.165) is 22.3 Å². The van der Waals surface area contributed by atoms with Crippen molar-refractivity contribution >= 4 is 11.9 Å². The summed E-state index contributed by atoms with van der Waals surface area (Å²) in [6, 6.07) is 15.8. The Labute approximate surface area is 140 Å². The quantitative estimate of drug-likeness (QED) is 0.795. The van der Waals surface area contributed by atoms with Gasteiger partial charge >= 0.3 is 11.9 Å². The summed E-state index contributed by atoms with van der Waals surface area (Å²) in [5, 5.41) is 0. The number of ether oxygens (including phenoxy) is 2. The molecule has 4 rings (SSSR count). The van der Waals surface area contributed by atoms with E-state index in [1.54, 1.807) is 0 Å². The minimum Gasteiger partial charge on any atom is -0.457 e. The lowest BCUT2D eigenvalue weighted by Crippen LogP contribution is -2.54. The third-order valence-electron chi connectivity index (χ3n) is 4.99. The number of rotatable bonds is 2. The number of carbonyl (C=O) groups is 2. The molecule has 2 aliphatic rings. The summed E-state index contributed by atoms with van der Waals surface area (Å²) in [5.74, 6) is -0.829. The van der Waals surface area contributed by atoms with Crippen LogP contribution in [0.5, 0.6) is 0 Å². The minimum atomic E-state index is -0.753. The summed E-state index contributed by atoms with van der Waals surface area (Å²) in [6.07, 6.45) is 0.157. The Morgan fingerprint density at radius 1 is 0.958 bits per heavy atom. The van der Waals surface area contributed by atoms with Gasteiger partial charge in [0.2, 0.25) is 0 Å². The second kappa shape index (κ2) is 5.20. The zero-order valence-corrected chi connectivity index (χ0v) is 13.6. The lowest BCUT2D eigenvalue weighted by atomic mass is 9.55. The van der Waals surface area contributed by atoms with Crippen LogP contribution in [0.1, 0.15) is 48.1 Å². The maximum Gasteiger partial charge on any atom is 0.303 e. The summed E-state index contributed by atoms with van der Waals surface area (Å²) >= 11 is 0. The van der Waals surface area contributed by atoms with Gasteiger partial charge in [-0.15, -0.1) is 0 Å². The predicted octanol–water partition coefficient (Wildman–Crippen LogP) is 3.40. The summed E-state index contributed by atoms with van der Waals surface area (Å²) in [5.41, 5.74) is 3.39. The first-order valence-electron chi connectivity index (χ1n) is 8.07. The van der Waals surface area contributed by atoms with Crippen LogP contribution in [0.4, 0.5) is 0 Å². The molecule has 24 heavy (non-hydrogen) atoms. The van der Waals surface area contributed by atoms with Crippen LogP contribution in [-0.2, 0) is 31.1 Å². The van der Waals surface area contributed by atoms with E-state index >= 15 is 0 Å². The molecule has 4 heteroatoms. The molecule has 122 valence electrons. The summed E-state index contributed by atoms with van der Waals surface area (Å²) in [4.78, 5) is 23.5. The number of fused-ring (bicyclic) bond motifs is 5. The van der Waals surface area contributed by atoms with E-state index in [1.165, 1.54) is 13.8 Å². The fourth-order valence-corrected chi connectivity index (χ4v) is 4.26. The standard InChI is InChI=1S/C20H18O4/c1-12(21)23-19-15-8-4-3-7-14(15)11-20(24-13(2)22)17-10-6-5-9-16(17)18(19)20/h3-10,18-19H,11H2,1-2H3/t18-,19+,20-/m1/s1. The molecule has 2 aromatic rings. The second-order valence-corrected chi connectivity index (χ2v) is 6.45. The summed E-state index contributed by atoms with van der Waals surface area (Å²) in [6.45, 7) is 2.84. The van der Waals surface area contributed by atoms with Crippen LogP contribution in [0.3, 0.4) is 0 Å². The highest BCUT2D eigenvalue weighted by molar-refractivity contribution is 5.70. The van der Waals surface area contributed by atoms with E-state index in [2.05, 4.69) is 0 Å². The van der Waals surface area contributed by atoms with Crippen LogP contribution in [0.25, 0.3) is 0 Å². The highest BCUT2D eigenvalue weighted by Crippen LogP contribution is 2.63. The van der Waals surface area contributed by atoms with Gasteiger partial charge in [-0.3, -0.25) is 9.59 Å². The van der Waals surface area contributed by atoms with Crippen LogP contribution >= 0.6 is 0 Å². The van der Waals surface area contributed by atoms with Gasteiger partial charge in [-0.25, -0.2) is 0 Å². The van der Waals surface area contributed by atoms with Gasteiger partial charge in [0.05, 0.1) is 5.92 Å². The summed E-state index contributed by atoms with van der Waals surface area (Å²) < 4.78 is 11.5. The van der Waals surface area contributed by atoms with Crippen LogP contribution in [0.2, 0.25) is 0 Å². The normalized spacial score (nSPS) is 26.2. The van der Waals surface area contributed by atoms with E-state index in [9.17, 15) is 9.59 Å². The SMILES string of the molecule is CC(=O)O[C@H]1c2ccccc2C[C@@]2(OC(C)=O)c3ccccc3[C@H]12. The van der Waals surface area contributed by atoms with Gasteiger partial charge in [0.15, 0.2) is 5.60 Å². The number of hydrogen-bond donors (Lipinski definition) is 0. The largest absolute Gasteiger partial charge is 0.457 e. The highest BCUT2D eigenvalue weighted by atomic mass is 16.6. The van der Waals surface area contributed by atoms with Gasteiger partial charge in [0, 0.05) is 25.8 Å². The average Bonchev–Trinajstić information content (AvgIpc) is 2.53. The molecule has 0 bridgehead atoms. The average molecular weight is 322 g/mol. The molecule has 0 aromatic heterocycles. The number of benzene rings is 2. The van der Waals surface area contributed by atoms with Gasteiger partial charge in [-0.1, -0.05) is 48.5 Å². The van der Waals surface area contributed by atoms with E-state index < -0.39 is 11.7 Å². The highest BCUT2D eigenvalue weighted by Gasteiger charge is 2.61. The van der Waals surface area contributed by atoms with Crippen molar-refractivity contribution in [3.05, 3.63) is 70.8 Å². The molecule has 0 saturated carbocycles. The van der Waals surface area contributed by atoms with Gasteiger partial charge in [0.1, 0.15) is 6.10 Å². The summed E-state index contributed by atoms with van der Waals surface area (Å²) in [7, 11) is 0. The molecular weight excluding hydrogens is 304 g/mol.